The van der Waals surface area contributed by atoms with Gasteiger partial charge in [0.1, 0.15) is 0 Å². The Morgan fingerprint density at radius 1 is 1.56 bits per heavy atom. The van der Waals surface area contributed by atoms with Gasteiger partial charge < -0.3 is 10.0 Å². The van der Waals surface area contributed by atoms with Gasteiger partial charge in [0.25, 0.3) is 0 Å². The van der Waals surface area contributed by atoms with Crippen LogP contribution in [0.2, 0.25) is 0 Å². The zero-order valence-corrected chi connectivity index (χ0v) is 11.6. The van der Waals surface area contributed by atoms with E-state index in [1.165, 1.54) is 0 Å². The summed E-state index contributed by atoms with van der Waals surface area (Å²) in [4.78, 5) is 6.49. The van der Waals surface area contributed by atoms with E-state index in [2.05, 4.69) is 23.7 Å². The summed E-state index contributed by atoms with van der Waals surface area (Å²) in [5.41, 5.74) is 0.814. The van der Waals surface area contributed by atoms with Crippen molar-refractivity contribution in [3.63, 3.8) is 0 Å². The first-order valence-corrected chi connectivity index (χ1v) is 6.54. The van der Waals surface area contributed by atoms with Crippen molar-refractivity contribution >= 4 is 11.3 Å². The molecule has 1 N–H and O–H groups in total. The molecule has 4 heteroatoms. The zero-order chi connectivity index (χ0) is 12.3. The first kappa shape index (κ1) is 13.6. The van der Waals surface area contributed by atoms with Crippen LogP contribution in [0.25, 0.3) is 0 Å². The van der Waals surface area contributed by atoms with Gasteiger partial charge in [0.15, 0.2) is 0 Å². The van der Waals surface area contributed by atoms with E-state index < -0.39 is 0 Å². The second kappa shape index (κ2) is 5.25. The molecule has 0 aliphatic carbocycles. The van der Waals surface area contributed by atoms with Gasteiger partial charge in [-0.15, -0.1) is 11.3 Å². The van der Waals surface area contributed by atoms with Gasteiger partial charge >= 0.3 is 0 Å². The van der Waals surface area contributed by atoms with Gasteiger partial charge in [-0.25, -0.2) is 4.98 Å². The van der Waals surface area contributed by atoms with E-state index >= 15 is 0 Å². The van der Waals surface area contributed by atoms with Crippen LogP contribution in [0.3, 0.4) is 0 Å². The molecule has 0 fully saturated rings. The summed E-state index contributed by atoms with van der Waals surface area (Å²) in [7, 11) is 4.03. The van der Waals surface area contributed by atoms with Crippen LogP contribution in [0.4, 0.5) is 0 Å². The quantitative estimate of drug-likeness (QED) is 0.859. The number of nitrogens with zero attached hydrogens (tertiary/aromatic N) is 2. The highest BCUT2D eigenvalue weighted by atomic mass is 32.1. The summed E-state index contributed by atoms with van der Waals surface area (Å²) < 4.78 is 0. The molecule has 0 amide bonds. The third kappa shape index (κ3) is 2.81. The minimum absolute atomic E-state index is 0.183. The van der Waals surface area contributed by atoms with Crippen molar-refractivity contribution in [2.75, 3.05) is 14.1 Å². The molecule has 0 bridgehead atoms. The summed E-state index contributed by atoms with van der Waals surface area (Å²) in [5.74, 6) is 0. The molecule has 2 unspecified atom stereocenters. The van der Waals surface area contributed by atoms with Crippen LogP contribution in [0.1, 0.15) is 31.0 Å². The van der Waals surface area contributed by atoms with E-state index in [1.54, 1.807) is 11.3 Å². The number of aliphatic hydroxyl groups is 1. The van der Waals surface area contributed by atoms with Crippen LogP contribution in [0.15, 0.2) is 5.38 Å². The lowest BCUT2D eigenvalue weighted by Gasteiger charge is -2.39. The van der Waals surface area contributed by atoms with Crippen molar-refractivity contribution in [1.29, 1.82) is 0 Å². The van der Waals surface area contributed by atoms with Crippen molar-refractivity contribution in [2.24, 2.45) is 0 Å². The zero-order valence-electron chi connectivity index (χ0n) is 10.8. The molecule has 0 spiro atoms. The van der Waals surface area contributed by atoms with E-state index in [4.69, 9.17) is 0 Å². The monoisotopic (exact) mass is 242 g/mol. The van der Waals surface area contributed by atoms with Crippen LogP contribution >= 0.6 is 11.3 Å². The maximum Gasteiger partial charge on any atom is 0.0897 e. The number of likely N-dealkylation sites (N-methyl/N-ethyl adjacent to an activating group) is 1. The number of aromatic nitrogens is 1. The minimum atomic E-state index is -0.381. The van der Waals surface area contributed by atoms with Crippen molar-refractivity contribution < 1.29 is 5.11 Å². The molecule has 1 heterocycles. The lowest BCUT2D eigenvalue weighted by atomic mass is 9.88. The molecule has 92 valence electrons. The third-order valence-electron chi connectivity index (χ3n) is 3.52. The fourth-order valence-corrected chi connectivity index (χ4v) is 2.40. The van der Waals surface area contributed by atoms with Gasteiger partial charge in [0, 0.05) is 17.3 Å². The summed E-state index contributed by atoms with van der Waals surface area (Å²) in [6.45, 7) is 6.19. The largest absolute Gasteiger partial charge is 0.391 e. The molecule has 2 atom stereocenters. The number of aryl methyl sites for hydroxylation is 1. The van der Waals surface area contributed by atoms with Crippen LogP contribution in [-0.2, 0) is 6.42 Å². The molecule has 0 aliphatic heterocycles. The Hall–Kier alpha value is -0.450. The highest BCUT2D eigenvalue weighted by Gasteiger charge is 2.33. The van der Waals surface area contributed by atoms with Crippen molar-refractivity contribution in [3.05, 3.63) is 16.1 Å². The summed E-state index contributed by atoms with van der Waals surface area (Å²) >= 11 is 1.64. The van der Waals surface area contributed by atoms with Crippen LogP contribution < -0.4 is 0 Å². The Kier molecular flexibility index (Phi) is 4.47. The molecule has 16 heavy (non-hydrogen) atoms. The van der Waals surface area contributed by atoms with Crippen LogP contribution in [0, 0.1) is 6.92 Å². The van der Waals surface area contributed by atoms with Gasteiger partial charge in [-0.1, -0.05) is 6.92 Å². The number of rotatable bonds is 5. The highest BCUT2D eigenvalue weighted by molar-refractivity contribution is 7.09. The Bertz CT molecular complexity index is 338. The average molecular weight is 242 g/mol. The predicted octanol–water partition coefficient (Wildman–Crippen LogP) is 2.09. The fourth-order valence-electron chi connectivity index (χ4n) is 1.77. The first-order valence-electron chi connectivity index (χ1n) is 5.66. The first-order chi connectivity index (χ1) is 7.40. The molecule has 1 aromatic rings. The number of hydrogen-bond donors (Lipinski definition) is 1. The Balaban J connectivity index is 2.73. The molecule has 0 aromatic carbocycles. The summed E-state index contributed by atoms with van der Waals surface area (Å²) in [5, 5.41) is 13.4. The van der Waals surface area contributed by atoms with Gasteiger partial charge in [-0.2, -0.15) is 0 Å². The maximum atomic E-state index is 10.3. The minimum Gasteiger partial charge on any atom is -0.391 e. The van der Waals surface area contributed by atoms with Gasteiger partial charge in [-0.05, 0) is 34.4 Å². The van der Waals surface area contributed by atoms with Crippen LogP contribution in [-0.4, -0.2) is 40.7 Å². The maximum absolute atomic E-state index is 10.3. The number of thiazole rings is 1. The molecule has 1 aromatic heterocycles. The van der Waals surface area contributed by atoms with Crippen molar-refractivity contribution in [2.45, 2.75) is 45.3 Å². The number of aliphatic hydroxyl groups excluding tert-OH is 1. The summed E-state index contributed by atoms with van der Waals surface area (Å²) in [6.07, 6.45) is 1.17. The number of hydrogen-bond acceptors (Lipinski definition) is 4. The van der Waals surface area contributed by atoms with Crippen LogP contribution in [0.5, 0.6) is 0 Å². The molecular weight excluding hydrogens is 220 g/mol. The molecule has 1 rings (SSSR count). The van der Waals surface area contributed by atoms with Gasteiger partial charge in [0.2, 0.25) is 0 Å². The Morgan fingerprint density at radius 3 is 2.56 bits per heavy atom. The lowest BCUT2D eigenvalue weighted by molar-refractivity contribution is 0.00254. The predicted molar refractivity (Wildman–Crippen MR) is 68.9 cm³/mol. The molecular formula is C12H22N2OS. The second-order valence-electron chi connectivity index (χ2n) is 4.68. The van der Waals surface area contributed by atoms with Gasteiger partial charge in [0.05, 0.1) is 16.8 Å². The molecule has 0 saturated carbocycles. The van der Waals surface area contributed by atoms with E-state index in [1.807, 2.05) is 26.4 Å². The fraction of sp³-hybridized carbons (Fsp3) is 0.750. The average Bonchev–Trinajstić information content (AvgIpc) is 2.62. The van der Waals surface area contributed by atoms with E-state index in [9.17, 15) is 5.11 Å². The SMILES string of the molecule is CCC(C)(C(O)Cc1csc(C)n1)N(C)C. The van der Waals surface area contributed by atoms with Crippen molar-refractivity contribution in [3.8, 4) is 0 Å². The molecule has 0 saturated heterocycles. The smallest absolute Gasteiger partial charge is 0.0897 e. The molecule has 0 radical (unpaired) electrons. The Labute approximate surface area is 102 Å². The van der Waals surface area contributed by atoms with E-state index in [0.29, 0.717) is 6.42 Å². The summed E-state index contributed by atoms with van der Waals surface area (Å²) in [6, 6.07) is 0. The van der Waals surface area contributed by atoms with Crippen molar-refractivity contribution in [1.82, 2.24) is 9.88 Å². The van der Waals surface area contributed by atoms with Gasteiger partial charge in [-0.3, -0.25) is 0 Å². The third-order valence-corrected chi connectivity index (χ3v) is 4.35. The van der Waals surface area contributed by atoms with E-state index in [0.717, 1.165) is 17.1 Å². The highest BCUT2D eigenvalue weighted by Crippen LogP contribution is 2.24. The Morgan fingerprint density at radius 2 is 2.19 bits per heavy atom. The topological polar surface area (TPSA) is 36.4 Å². The molecule has 3 nitrogen and oxygen atoms in total. The lowest BCUT2D eigenvalue weighted by Crippen LogP contribution is -2.51. The molecule has 0 aliphatic rings. The standard InChI is InChI=1S/C12H22N2OS/c1-6-12(3,14(4)5)11(15)7-10-8-16-9(2)13-10/h8,11,15H,6-7H2,1-5H3. The second-order valence-corrected chi connectivity index (χ2v) is 5.75. The van der Waals surface area contributed by atoms with E-state index in [-0.39, 0.29) is 11.6 Å². The normalized spacial score (nSPS) is 17.4.